The van der Waals surface area contributed by atoms with E-state index in [0.717, 1.165) is 103 Å². The maximum Gasteiger partial charge on any atom is 0.472 e. The Morgan fingerprint density at radius 3 is 1.51 bits per heavy atom. The van der Waals surface area contributed by atoms with Gasteiger partial charge in [0.25, 0.3) is 0 Å². The van der Waals surface area contributed by atoms with Crippen molar-refractivity contribution in [3.63, 3.8) is 0 Å². The van der Waals surface area contributed by atoms with Crippen molar-refractivity contribution in [1.29, 1.82) is 0 Å². The minimum Gasteiger partial charge on any atom is -0.462 e. The van der Waals surface area contributed by atoms with Gasteiger partial charge in [-0.2, -0.15) is 0 Å². The Hall–Kier alpha value is -2.55. The topological polar surface area (TPSA) is 134 Å². The quantitative estimate of drug-likeness (QED) is 0.0282. The van der Waals surface area contributed by atoms with E-state index in [4.69, 9.17) is 24.3 Å². The van der Waals surface area contributed by atoms with Gasteiger partial charge in [-0.05, 0) is 77.0 Å². The molecule has 292 valence electrons. The van der Waals surface area contributed by atoms with Crippen LogP contribution in [0.25, 0.3) is 0 Å². The number of ether oxygens (including phenoxy) is 2. The van der Waals surface area contributed by atoms with Crippen LogP contribution in [0.15, 0.2) is 72.9 Å². The molecule has 0 heterocycles. The lowest BCUT2D eigenvalue weighted by Crippen LogP contribution is -2.29. The molecule has 0 bridgehead atoms. The second-order valence-corrected chi connectivity index (χ2v) is 13.8. The summed E-state index contributed by atoms with van der Waals surface area (Å²) in [5.74, 6) is -0.877. The van der Waals surface area contributed by atoms with Gasteiger partial charge in [0, 0.05) is 19.4 Å². The molecule has 0 aromatic heterocycles. The number of phosphoric acid groups is 1. The van der Waals surface area contributed by atoms with E-state index >= 15 is 0 Å². The first-order chi connectivity index (χ1) is 24.8. The van der Waals surface area contributed by atoms with Gasteiger partial charge in [0.05, 0.1) is 13.2 Å². The molecule has 2 unspecified atom stereocenters. The standard InChI is InChI=1S/C41H70NO8P/c1-3-5-7-9-11-13-15-17-19-21-23-25-27-29-31-33-40(43)47-37-39(38-49-51(45,46)48-36-35-42)50-41(44)34-32-30-28-26-24-22-20-18-16-14-12-10-8-6-4-2/h5-8,11-14,17-20,39H,3-4,9-10,15-16,21-38,42H2,1-2H3,(H,45,46). The molecule has 0 fully saturated rings. The Labute approximate surface area is 310 Å². The predicted molar refractivity (Wildman–Crippen MR) is 210 cm³/mol. The number of hydrogen-bond donors (Lipinski definition) is 2. The highest BCUT2D eigenvalue weighted by atomic mass is 31.2. The Kier molecular flexibility index (Phi) is 35.4. The molecule has 0 aromatic rings. The van der Waals surface area contributed by atoms with Crippen LogP contribution in [0.4, 0.5) is 0 Å². The number of unbranched alkanes of at least 4 members (excludes halogenated alkanes) is 10. The van der Waals surface area contributed by atoms with E-state index in [1.54, 1.807) is 0 Å². The summed E-state index contributed by atoms with van der Waals surface area (Å²) in [5.41, 5.74) is 5.33. The number of allylic oxidation sites excluding steroid dienone is 12. The number of phosphoric ester groups is 1. The summed E-state index contributed by atoms with van der Waals surface area (Å²) in [7, 11) is -4.39. The summed E-state index contributed by atoms with van der Waals surface area (Å²) in [6, 6.07) is 0. The fourth-order valence-corrected chi connectivity index (χ4v) is 5.54. The lowest BCUT2D eigenvalue weighted by Gasteiger charge is -2.19. The summed E-state index contributed by atoms with van der Waals surface area (Å²) >= 11 is 0. The number of nitrogens with two attached hydrogens (primary N) is 1. The van der Waals surface area contributed by atoms with Gasteiger partial charge in [-0.25, -0.2) is 4.57 Å². The normalized spacial score (nSPS) is 14.2. The van der Waals surface area contributed by atoms with Crippen molar-refractivity contribution in [3.8, 4) is 0 Å². The summed E-state index contributed by atoms with van der Waals surface area (Å²) < 4.78 is 32.6. The molecule has 0 aromatic carbocycles. The average Bonchev–Trinajstić information content (AvgIpc) is 3.11. The maximum atomic E-state index is 12.5. The first-order valence-corrected chi connectivity index (χ1v) is 20.9. The van der Waals surface area contributed by atoms with Crippen molar-refractivity contribution in [2.45, 2.75) is 148 Å². The molecular formula is C41H70NO8P. The van der Waals surface area contributed by atoms with E-state index in [-0.39, 0.29) is 32.6 Å². The molecule has 2 atom stereocenters. The Balaban J connectivity index is 4.29. The SMILES string of the molecule is CCC=CCC=CCC=CCCCCCCCC(=O)OCC(COP(=O)(O)OCCN)OC(=O)CCCCCCCC=CCC=CCC=CCC. The molecular weight excluding hydrogens is 665 g/mol. The molecule has 10 heteroatoms. The van der Waals surface area contributed by atoms with Crippen LogP contribution in [0.3, 0.4) is 0 Å². The predicted octanol–water partition coefficient (Wildman–Crippen LogP) is 10.7. The van der Waals surface area contributed by atoms with E-state index in [1.165, 1.54) is 0 Å². The van der Waals surface area contributed by atoms with Crippen molar-refractivity contribution in [2.24, 2.45) is 5.73 Å². The van der Waals surface area contributed by atoms with Crippen LogP contribution in [-0.4, -0.2) is 49.3 Å². The van der Waals surface area contributed by atoms with Crippen LogP contribution in [0.2, 0.25) is 0 Å². The third-order valence-electron chi connectivity index (χ3n) is 7.59. The zero-order valence-corrected chi connectivity index (χ0v) is 32.7. The number of esters is 2. The molecule has 0 aliphatic heterocycles. The molecule has 0 aliphatic rings. The fraction of sp³-hybridized carbons (Fsp3) is 0.659. The lowest BCUT2D eigenvalue weighted by molar-refractivity contribution is -0.161. The molecule has 0 amide bonds. The minimum absolute atomic E-state index is 0.0438. The molecule has 0 spiro atoms. The Bertz CT molecular complexity index is 1070. The van der Waals surface area contributed by atoms with Crippen molar-refractivity contribution >= 4 is 19.8 Å². The Morgan fingerprint density at radius 1 is 0.588 bits per heavy atom. The Morgan fingerprint density at radius 2 is 1.02 bits per heavy atom. The minimum atomic E-state index is -4.39. The number of carbonyl (C=O) groups excluding carboxylic acids is 2. The number of carbonyl (C=O) groups is 2. The van der Waals surface area contributed by atoms with Gasteiger partial charge in [0.1, 0.15) is 6.61 Å². The van der Waals surface area contributed by atoms with Crippen LogP contribution in [0, 0.1) is 0 Å². The molecule has 51 heavy (non-hydrogen) atoms. The van der Waals surface area contributed by atoms with Gasteiger partial charge in [-0.1, -0.05) is 125 Å². The van der Waals surface area contributed by atoms with Crippen molar-refractivity contribution in [3.05, 3.63) is 72.9 Å². The smallest absolute Gasteiger partial charge is 0.462 e. The first kappa shape index (κ1) is 48.5. The van der Waals surface area contributed by atoms with E-state index in [1.807, 2.05) is 0 Å². The summed E-state index contributed by atoms with van der Waals surface area (Å²) in [4.78, 5) is 34.7. The molecule has 0 saturated heterocycles. The third-order valence-corrected chi connectivity index (χ3v) is 8.57. The number of rotatable bonds is 35. The third kappa shape index (κ3) is 37.0. The van der Waals surface area contributed by atoms with Gasteiger partial charge >= 0.3 is 19.8 Å². The van der Waals surface area contributed by atoms with Gasteiger partial charge in [-0.15, -0.1) is 0 Å². The fourth-order valence-electron chi connectivity index (χ4n) is 4.78. The largest absolute Gasteiger partial charge is 0.472 e. The average molecular weight is 736 g/mol. The van der Waals surface area contributed by atoms with Crippen LogP contribution >= 0.6 is 7.82 Å². The van der Waals surface area contributed by atoms with Crippen LogP contribution in [-0.2, 0) is 32.7 Å². The van der Waals surface area contributed by atoms with Crippen molar-refractivity contribution < 1.29 is 37.6 Å². The maximum absolute atomic E-state index is 12.5. The first-order valence-electron chi connectivity index (χ1n) is 19.4. The molecule has 0 rings (SSSR count). The van der Waals surface area contributed by atoms with Crippen molar-refractivity contribution in [1.82, 2.24) is 0 Å². The summed E-state index contributed by atoms with van der Waals surface area (Å²) in [6.07, 6.45) is 43.6. The highest BCUT2D eigenvalue weighted by molar-refractivity contribution is 7.47. The highest BCUT2D eigenvalue weighted by Crippen LogP contribution is 2.43. The van der Waals surface area contributed by atoms with Crippen LogP contribution in [0.1, 0.15) is 142 Å². The van der Waals surface area contributed by atoms with Gasteiger partial charge in [0.15, 0.2) is 6.10 Å². The van der Waals surface area contributed by atoms with E-state index in [2.05, 4.69) is 86.8 Å². The molecule has 0 radical (unpaired) electrons. The second-order valence-electron chi connectivity index (χ2n) is 12.4. The van der Waals surface area contributed by atoms with Gasteiger partial charge in [0.2, 0.25) is 0 Å². The van der Waals surface area contributed by atoms with Crippen LogP contribution in [0.5, 0.6) is 0 Å². The van der Waals surface area contributed by atoms with E-state index in [9.17, 15) is 19.0 Å². The van der Waals surface area contributed by atoms with E-state index in [0.29, 0.717) is 12.8 Å². The van der Waals surface area contributed by atoms with Crippen LogP contribution < -0.4 is 5.73 Å². The monoisotopic (exact) mass is 735 g/mol. The second kappa shape index (κ2) is 37.2. The van der Waals surface area contributed by atoms with E-state index < -0.39 is 32.5 Å². The highest BCUT2D eigenvalue weighted by Gasteiger charge is 2.25. The zero-order chi connectivity index (χ0) is 37.5. The molecule has 3 N–H and O–H groups in total. The van der Waals surface area contributed by atoms with Gasteiger partial charge < -0.3 is 20.1 Å². The summed E-state index contributed by atoms with van der Waals surface area (Å²) in [5, 5.41) is 0. The van der Waals surface area contributed by atoms with Crippen molar-refractivity contribution in [2.75, 3.05) is 26.4 Å². The number of hydrogen-bond acceptors (Lipinski definition) is 8. The molecule has 9 nitrogen and oxygen atoms in total. The molecule has 0 saturated carbocycles. The molecule has 0 aliphatic carbocycles. The summed E-state index contributed by atoms with van der Waals surface area (Å²) in [6.45, 7) is 3.44. The lowest BCUT2D eigenvalue weighted by atomic mass is 10.1. The zero-order valence-electron chi connectivity index (χ0n) is 31.8. The van der Waals surface area contributed by atoms with Gasteiger partial charge in [-0.3, -0.25) is 18.6 Å².